The van der Waals surface area contributed by atoms with Crippen molar-refractivity contribution in [3.63, 3.8) is 0 Å². The fourth-order valence-electron chi connectivity index (χ4n) is 7.91. The second kappa shape index (κ2) is 13.0. The number of benzene rings is 8. The van der Waals surface area contributed by atoms with Gasteiger partial charge in [0.05, 0.1) is 11.0 Å². The summed E-state index contributed by atoms with van der Waals surface area (Å²) in [7, 11) is 0. The molecule has 3 aromatic heterocycles. The molecular formula is C51H32N4O. The second-order valence-corrected chi connectivity index (χ2v) is 14.0. The third-order valence-electron chi connectivity index (χ3n) is 10.7. The number of hydrogen-bond donors (Lipinski definition) is 0. The Morgan fingerprint density at radius 1 is 0.339 bits per heavy atom. The number of aromatic nitrogens is 4. The highest BCUT2D eigenvalue weighted by Crippen LogP contribution is 2.41. The summed E-state index contributed by atoms with van der Waals surface area (Å²) >= 11 is 0. The highest BCUT2D eigenvalue weighted by molar-refractivity contribution is 6.21. The molecule has 0 saturated heterocycles. The largest absolute Gasteiger partial charge is 0.454 e. The summed E-state index contributed by atoms with van der Waals surface area (Å²) in [6.07, 6.45) is 0. The van der Waals surface area contributed by atoms with Crippen LogP contribution >= 0.6 is 0 Å². The highest BCUT2D eigenvalue weighted by atomic mass is 16.3. The predicted molar refractivity (Wildman–Crippen MR) is 229 cm³/mol. The number of para-hydroxylation sites is 2. The van der Waals surface area contributed by atoms with Gasteiger partial charge >= 0.3 is 0 Å². The van der Waals surface area contributed by atoms with E-state index in [2.05, 4.69) is 162 Å². The van der Waals surface area contributed by atoms with Crippen LogP contribution in [0.15, 0.2) is 199 Å². The lowest BCUT2D eigenvalue weighted by molar-refractivity contribution is 0.671. The van der Waals surface area contributed by atoms with Crippen molar-refractivity contribution in [2.75, 3.05) is 0 Å². The van der Waals surface area contributed by atoms with Gasteiger partial charge in [0.15, 0.2) is 23.1 Å². The van der Waals surface area contributed by atoms with Crippen molar-refractivity contribution in [2.24, 2.45) is 0 Å². The first-order valence-electron chi connectivity index (χ1n) is 18.8. The fourth-order valence-corrected chi connectivity index (χ4v) is 7.91. The number of rotatable bonds is 6. The van der Waals surface area contributed by atoms with Crippen molar-refractivity contribution in [1.29, 1.82) is 0 Å². The molecule has 11 rings (SSSR count). The van der Waals surface area contributed by atoms with Crippen LogP contribution in [0.25, 0.3) is 106 Å². The third kappa shape index (κ3) is 5.37. The van der Waals surface area contributed by atoms with Crippen molar-refractivity contribution < 1.29 is 4.42 Å². The highest BCUT2D eigenvalue weighted by Gasteiger charge is 2.19. The Balaban J connectivity index is 0.980. The van der Waals surface area contributed by atoms with E-state index < -0.39 is 0 Å². The molecule has 0 unspecified atom stereocenters. The van der Waals surface area contributed by atoms with E-state index in [1.165, 1.54) is 16.3 Å². The van der Waals surface area contributed by atoms with Crippen molar-refractivity contribution in [1.82, 2.24) is 19.5 Å². The monoisotopic (exact) mass is 716 g/mol. The standard InChI is InChI=1S/C51H32N4O/c1-4-12-33(13-5-1)34-20-24-37(25-21-34)50-52-49(36-14-6-2-7-15-36)53-51(54-50)38-26-22-35(23-27-38)39-28-29-42-44-31-30-43-41-18-10-11-19-45(41)55(40-16-8-3-9-17-40)47(43)48(44)56-46(42)32-39/h1-32H. The zero-order chi connectivity index (χ0) is 37.0. The first-order valence-corrected chi connectivity index (χ1v) is 18.8. The zero-order valence-electron chi connectivity index (χ0n) is 30.2. The normalized spacial score (nSPS) is 11.6. The molecule has 56 heavy (non-hydrogen) atoms. The van der Waals surface area contributed by atoms with E-state index in [0.29, 0.717) is 17.5 Å². The topological polar surface area (TPSA) is 56.7 Å². The third-order valence-corrected chi connectivity index (χ3v) is 10.7. The average Bonchev–Trinajstić information content (AvgIpc) is 3.83. The molecular weight excluding hydrogens is 685 g/mol. The van der Waals surface area contributed by atoms with E-state index in [1.807, 2.05) is 36.4 Å². The fraction of sp³-hybridized carbons (Fsp3) is 0. The van der Waals surface area contributed by atoms with Gasteiger partial charge in [-0.25, -0.2) is 15.0 Å². The number of hydrogen-bond acceptors (Lipinski definition) is 4. The predicted octanol–water partition coefficient (Wildman–Crippen LogP) is 13.2. The van der Waals surface area contributed by atoms with Gasteiger partial charge in [0.25, 0.3) is 0 Å². The Morgan fingerprint density at radius 2 is 0.786 bits per heavy atom. The lowest BCUT2D eigenvalue weighted by Gasteiger charge is -2.10. The summed E-state index contributed by atoms with van der Waals surface area (Å²) in [6, 6.07) is 67.3. The van der Waals surface area contributed by atoms with Crippen LogP contribution in [0.3, 0.4) is 0 Å². The minimum atomic E-state index is 0.623. The van der Waals surface area contributed by atoms with Gasteiger partial charge in [-0.15, -0.1) is 0 Å². The summed E-state index contributed by atoms with van der Waals surface area (Å²) < 4.78 is 9.13. The molecule has 3 heterocycles. The molecule has 0 atom stereocenters. The molecule has 0 aliphatic heterocycles. The van der Waals surface area contributed by atoms with Crippen LogP contribution in [0.2, 0.25) is 0 Å². The van der Waals surface area contributed by atoms with E-state index in [0.717, 1.165) is 72.0 Å². The van der Waals surface area contributed by atoms with Gasteiger partial charge in [0.2, 0.25) is 0 Å². The maximum Gasteiger partial charge on any atom is 0.164 e. The van der Waals surface area contributed by atoms with E-state index >= 15 is 0 Å². The number of fused-ring (bicyclic) bond motifs is 7. The zero-order valence-corrected chi connectivity index (χ0v) is 30.2. The molecule has 11 aromatic rings. The summed E-state index contributed by atoms with van der Waals surface area (Å²) in [5.74, 6) is 1.89. The molecule has 0 fully saturated rings. The van der Waals surface area contributed by atoms with Crippen LogP contribution in [0.5, 0.6) is 0 Å². The molecule has 0 bridgehead atoms. The first-order chi connectivity index (χ1) is 27.7. The van der Waals surface area contributed by atoms with Crippen LogP contribution in [-0.2, 0) is 0 Å². The number of furan rings is 1. The van der Waals surface area contributed by atoms with Crippen LogP contribution in [0.1, 0.15) is 0 Å². The minimum Gasteiger partial charge on any atom is -0.454 e. The smallest absolute Gasteiger partial charge is 0.164 e. The lowest BCUT2D eigenvalue weighted by atomic mass is 10.0. The summed E-state index contributed by atoms with van der Waals surface area (Å²) in [6.45, 7) is 0. The molecule has 0 radical (unpaired) electrons. The molecule has 0 N–H and O–H groups in total. The van der Waals surface area contributed by atoms with E-state index in [1.54, 1.807) is 0 Å². The molecule has 0 aliphatic carbocycles. The Morgan fingerprint density at radius 3 is 1.43 bits per heavy atom. The maximum absolute atomic E-state index is 6.81. The van der Waals surface area contributed by atoms with Crippen LogP contribution < -0.4 is 0 Å². The van der Waals surface area contributed by atoms with E-state index in [9.17, 15) is 0 Å². The molecule has 0 spiro atoms. The van der Waals surface area contributed by atoms with Crippen LogP contribution in [0, 0.1) is 0 Å². The molecule has 0 amide bonds. The average molecular weight is 717 g/mol. The van der Waals surface area contributed by atoms with Crippen LogP contribution in [0.4, 0.5) is 0 Å². The van der Waals surface area contributed by atoms with Gasteiger partial charge in [0, 0.05) is 43.9 Å². The lowest BCUT2D eigenvalue weighted by Crippen LogP contribution is -2.00. The van der Waals surface area contributed by atoms with Crippen molar-refractivity contribution >= 4 is 43.7 Å². The van der Waals surface area contributed by atoms with Crippen molar-refractivity contribution in [2.45, 2.75) is 0 Å². The summed E-state index contributed by atoms with van der Waals surface area (Å²) in [5.41, 5.74) is 12.3. The van der Waals surface area contributed by atoms with Crippen molar-refractivity contribution in [3.8, 4) is 62.1 Å². The van der Waals surface area contributed by atoms with E-state index in [-0.39, 0.29) is 0 Å². The summed E-state index contributed by atoms with van der Waals surface area (Å²) in [4.78, 5) is 14.9. The van der Waals surface area contributed by atoms with Crippen LogP contribution in [-0.4, -0.2) is 19.5 Å². The van der Waals surface area contributed by atoms with Gasteiger partial charge in [-0.2, -0.15) is 0 Å². The van der Waals surface area contributed by atoms with Gasteiger partial charge in [-0.3, -0.25) is 0 Å². The van der Waals surface area contributed by atoms with Crippen molar-refractivity contribution in [3.05, 3.63) is 194 Å². The first kappa shape index (κ1) is 31.9. The molecule has 5 heteroatoms. The summed E-state index contributed by atoms with van der Waals surface area (Å²) in [5, 5.41) is 4.57. The molecule has 5 nitrogen and oxygen atoms in total. The Bertz CT molecular complexity index is 3200. The maximum atomic E-state index is 6.81. The van der Waals surface area contributed by atoms with Gasteiger partial charge in [-0.05, 0) is 58.7 Å². The van der Waals surface area contributed by atoms with E-state index in [4.69, 9.17) is 19.4 Å². The minimum absolute atomic E-state index is 0.623. The molecule has 0 saturated carbocycles. The van der Waals surface area contributed by atoms with Gasteiger partial charge < -0.3 is 8.98 Å². The quantitative estimate of drug-likeness (QED) is 0.172. The number of nitrogens with zero attached hydrogens (tertiary/aromatic N) is 4. The SMILES string of the molecule is c1ccc(-c2ccc(-c3nc(-c4ccccc4)nc(-c4ccc(-c5ccc6c(c5)oc5c6ccc6c7ccccc7n(-c7ccccc7)c65)cc4)n3)cc2)cc1. The van der Waals surface area contributed by atoms with Gasteiger partial charge in [-0.1, -0.05) is 158 Å². The second-order valence-electron chi connectivity index (χ2n) is 14.0. The Kier molecular flexibility index (Phi) is 7.42. The van der Waals surface area contributed by atoms with Gasteiger partial charge in [0.1, 0.15) is 5.58 Å². The Labute approximate surface area is 322 Å². The Hall–Kier alpha value is -7.63. The molecule has 262 valence electrons. The molecule has 0 aliphatic rings. The molecule has 8 aromatic carbocycles.